The van der Waals surface area contributed by atoms with Crippen LogP contribution in [0.25, 0.3) is 0 Å². The number of halogens is 1. The van der Waals surface area contributed by atoms with E-state index in [0.29, 0.717) is 0 Å². The van der Waals surface area contributed by atoms with E-state index in [4.69, 9.17) is 5.11 Å². The van der Waals surface area contributed by atoms with Gasteiger partial charge in [-0.05, 0) is 24.1 Å². The molecule has 0 bridgehead atoms. The highest BCUT2D eigenvalue weighted by molar-refractivity contribution is 6.01. The largest absolute Gasteiger partial charge is 0.481 e. The molecule has 0 heterocycles. The Balaban J connectivity index is 2.42. The zero-order valence-corrected chi connectivity index (χ0v) is 10.9. The Bertz CT molecular complexity index is 519. The molecule has 1 aromatic carbocycles. The van der Waals surface area contributed by atoms with Crippen LogP contribution in [0.1, 0.15) is 19.8 Å². The summed E-state index contributed by atoms with van der Waals surface area (Å²) in [5.74, 6) is -2.49. The monoisotopic (exact) mass is 282 g/mol. The zero-order valence-electron chi connectivity index (χ0n) is 10.9. The number of carbonyl (C=O) groups excluding carboxylic acids is 2. The first-order valence-electron chi connectivity index (χ1n) is 5.95. The van der Waals surface area contributed by atoms with Gasteiger partial charge in [0.1, 0.15) is 5.82 Å². The standard InChI is InChI=1S/C13H15FN2O4/c1-8(6-12(18)19)5-11(17)16-13(20)15-10-4-2-3-9(14)7-10/h2-4,7-8H,5-6H2,1H3,(H,18,19)(H2,15,16,17,20). The lowest BCUT2D eigenvalue weighted by molar-refractivity contribution is -0.138. The first-order chi connectivity index (χ1) is 9.36. The van der Waals surface area contributed by atoms with Gasteiger partial charge in [0.25, 0.3) is 0 Å². The lowest BCUT2D eigenvalue weighted by Crippen LogP contribution is -2.35. The third kappa shape index (κ3) is 5.94. The number of carbonyl (C=O) groups is 3. The van der Waals surface area contributed by atoms with Crippen molar-refractivity contribution in [2.24, 2.45) is 5.92 Å². The summed E-state index contributed by atoms with van der Waals surface area (Å²) in [4.78, 5) is 33.4. The topological polar surface area (TPSA) is 95.5 Å². The van der Waals surface area contributed by atoms with Crippen molar-refractivity contribution in [3.8, 4) is 0 Å². The van der Waals surface area contributed by atoms with Crippen LogP contribution in [-0.2, 0) is 9.59 Å². The minimum atomic E-state index is -1.01. The lowest BCUT2D eigenvalue weighted by atomic mass is 10.0. The molecule has 6 nitrogen and oxygen atoms in total. The summed E-state index contributed by atoms with van der Waals surface area (Å²) in [6.07, 6.45) is -0.234. The van der Waals surface area contributed by atoms with Gasteiger partial charge in [-0.3, -0.25) is 14.9 Å². The fraction of sp³-hybridized carbons (Fsp3) is 0.308. The predicted octanol–water partition coefficient (Wildman–Crippen LogP) is 1.97. The van der Waals surface area contributed by atoms with Gasteiger partial charge in [-0.2, -0.15) is 0 Å². The Labute approximate surface area is 115 Å². The van der Waals surface area contributed by atoms with E-state index in [0.717, 1.165) is 6.07 Å². The van der Waals surface area contributed by atoms with Crippen molar-refractivity contribution in [2.45, 2.75) is 19.8 Å². The second-order valence-corrected chi connectivity index (χ2v) is 4.42. The van der Waals surface area contributed by atoms with E-state index in [9.17, 15) is 18.8 Å². The van der Waals surface area contributed by atoms with E-state index in [2.05, 4.69) is 5.32 Å². The third-order valence-electron chi connectivity index (χ3n) is 2.39. The highest BCUT2D eigenvalue weighted by Crippen LogP contribution is 2.09. The van der Waals surface area contributed by atoms with Crippen LogP contribution in [0.3, 0.4) is 0 Å². The average Bonchev–Trinajstić information content (AvgIpc) is 2.26. The Morgan fingerprint density at radius 2 is 2.00 bits per heavy atom. The molecule has 1 aromatic rings. The molecule has 0 radical (unpaired) electrons. The van der Waals surface area contributed by atoms with Crippen LogP contribution in [0, 0.1) is 11.7 Å². The number of nitrogens with one attached hydrogen (secondary N) is 2. The Morgan fingerprint density at radius 3 is 2.60 bits per heavy atom. The molecule has 1 rings (SSSR count). The van der Waals surface area contributed by atoms with Gasteiger partial charge in [-0.15, -0.1) is 0 Å². The van der Waals surface area contributed by atoms with Gasteiger partial charge < -0.3 is 10.4 Å². The number of benzene rings is 1. The van der Waals surface area contributed by atoms with Gasteiger partial charge in [0.15, 0.2) is 0 Å². The van der Waals surface area contributed by atoms with Gasteiger partial charge in [0, 0.05) is 18.5 Å². The Kier molecular flexibility index (Phi) is 5.64. The highest BCUT2D eigenvalue weighted by atomic mass is 19.1. The number of imide groups is 1. The quantitative estimate of drug-likeness (QED) is 0.769. The van der Waals surface area contributed by atoms with Crippen molar-refractivity contribution >= 4 is 23.6 Å². The summed E-state index contributed by atoms with van der Waals surface area (Å²) in [5, 5.41) is 12.9. The Morgan fingerprint density at radius 1 is 1.30 bits per heavy atom. The van der Waals surface area contributed by atoms with Crippen molar-refractivity contribution in [3.63, 3.8) is 0 Å². The van der Waals surface area contributed by atoms with Crippen LogP contribution < -0.4 is 10.6 Å². The van der Waals surface area contributed by atoms with E-state index < -0.39 is 23.7 Å². The van der Waals surface area contributed by atoms with E-state index in [-0.39, 0.29) is 24.4 Å². The summed E-state index contributed by atoms with van der Waals surface area (Å²) in [7, 11) is 0. The van der Waals surface area contributed by atoms with Crippen LogP contribution in [-0.4, -0.2) is 23.0 Å². The molecule has 0 aromatic heterocycles. The molecule has 0 aliphatic heterocycles. The number of hydrogen-bond donors (Lipinski definition) is 3. The van der Waals surface area contributed by atoms with Crippen LogP contribution in [0.2, 0.25) is 0 Å². The summed E-state index contributed by atoms with van der Waals surface area (Å²) < 4.78 is 12.9. The molecule has 0 saturated carbocycles. The molecule has 0 saturated heterocycles. The molecule has 3 amide bonds. The predicted molar refractivity (Wildman–Crippen MR) is 69.6 cm³/mol. The Hall–Kier alpha value is -2.44. The summed E-state index contributed by atoms with van der Waals surface area (Å²) >= 11 is 0. The molecule has 0 aliphatic rings. The molecule has 1 atom stereocenters. The molecule has 0 fully saturated rings. The van der Waals surface area contributed by atoms with Gasteiger partial charge in [-0.25, -0.2) is 9.18 Å². The number of amides is 3. The van der Waals surface area contributed by atoms with Crippen LogP contribution in [0.15, 0.2) is 24.3 Å². The minimum Gasteiger partial charge on any atom is -0.481 e. The summed E-state index contributed by atoms with van der Waals surface area (Å²) in [5.41, 5.74) is 0.217. The van der Waals surface area contributed by atoms with Crippen molar-refractivity contribution in [1.82, 2.24) is 5.32 Å². The summed E-state index contributed by atoms with van der Waals surface area (Å²) in [6.45, 7) is 1.60. The zero-order chi connectivity index (χ0) is 15.1. The van der Waals surface area contributed by atoms with Crippen molar-refractivity contribution in [3.05, 3.63) is 30.1 Å². The molecule has 108 valence electrons. The molecule has 7 heteroatoms. The molecular weight excluding hydrogens is 267 g/mol. The maximum atomic E-state index is 12.9. The first kappa shape index (κ1) is 15.6. The van der Waals surface area contributed by atoms with Crippen LogP contribution in [0.5, 0.6) is 0 Å². The van der Waals surface area contributed by atoms with Crippen molar-refractivity contribution < 1.29 is 23.9 Å². The normalized spacial score (nSPS) is 11.5. The lowest BCUT2D eigenvalue weighted by Gasteiger charge is -2.09. The summed E-state index contributed by atoms with van der Waals surface area (Å²) in [6, 6.07) is 4.43. The number of hydrogen-bond acceptors (Lipinski definition) is 3. The van der Waals surface area contributed by atoms with Gasteiger partial charge in [0.05, 0.1) is 0 Å². The van der Waals surface area contributed by atoms with E-state index in [1.807, 2.05) is 5.32 Å². The number of carboxylic acid groups (broad SMARTS) is 1. The molecule has 3 N–H and O–H groups in total. The van der Waals surface area contributed by atoms with Crippen LogP contribution >= 0.6 is 0 Å². The fourth-order valence-corrected chi connectivity index (χ4v) is 1.59. The van der Waals surface area contributed by atoms with E-state index >= 15 is 0 Å². The number of anilines is 1. The van der Waals surface area contributed by atoms with Gasteiger partial charge in [-0.1, -0.05) is 13.0 Å². The van der Waals surface area contributed by atoms with E-state index in [1.54, 1.807) is 6.92 Å². The number of rotatable bonds is 5. The molecule has 20 heavy (non-hydrogen) atoms. The van der Waals surface area contributed by atoms with Crippen molar-refractivity contribution in [2.75, 3.05) is 5.32 Å². The van der Waals surface area contributed by atoms with Crippen LogP contribution in [0.4, 0.5) is 14.9 Å². The first-order valence-corrected chi connectivity index (χ1v) is 5.95. The third-order valence-corrected chi connectivity index (χ3v) is 2.39. The maximum Gasteiger partial charge on any atom is 0.325 e. The number of carboxylic acids is 1. The fourth-order valence-electron chi connectivity index (χ4n) is 1.59. The number of aliphatic carboxylic acids is 1. The smallest absolute Gasteiger partial charge is 0.325 e. The minimum absolute atomic E-state index is 0.0805. The molecule has 0 aliphatic carbocycles. The van der Waals surface area contributed by atoms with Gasteiger partial charge in [0.2, 0.25) is 5.91 Å². The second-order valence-electron chi connectivity index (χ2n) is 4.42. The maximum absolute atomic E-state index is 12.9. The second kappa shape index (κ2) is 7.22. The van der Waals surface area contributed by atoms with E-state index in [1.165, 1.54) is 18.2 Å². The average molecular weight is 282 g/mol. The van der Waals surface area contributed by atoms with Gasteiger partial charge >= 0.3 is 12.0 Å². The highest BCUT2D eigenvalue weighted by Gasteiger charge is 2.14. The number of urea groups is 1. The van der Waals surface area contributed by atoms with Crippen molar-refractivity contribution in [1.29, 1.82) is 0 Å². The molecule has 1 unspecified atom stereocenters. The molecular formula is C13H15FN2O4. The molecule has 0 spiro atoms. The SMILES string of the molecule is CC(CC(=O)O)CC(=O)NC(=O)Nc1cccc(F)c1.